The Morgan fingerprint density at radius 3 is 2.83 bits per heavy atom. The fraction of sp³-hybridized carbons (Fsp3) is 0.571. The molecular formula is C14H21ClN2O. The number of nitrogens with zero attached hydrogens (tertiary/aromatic N) is 1. The first-order chi connectivity index (χ1) is 8.78. The van der Waals surface area contributed by atoms with Gasteiger partial charge in [-0.05, 0) is 37.1 Å². The van der Waals surface area contributed by atoms with Gasteiger partial charge in [-0.25, -0.2) is 0 Å². The summed E-state index contributed by atoms with van der Waals surface area (Å²) in [7, 11) is 0. The number of hydrogen-bond donors (Lipinski definition) is 1. The lowest BCUT2D eigenvalue weighted by molar-refractivity contribution is -0.0302. The van der Waals surface area contributed by atoms with E-state index in [9.17, 15) is 0 Å². The maximum absolute atomic E-state index is 5.88. The zero-order chi connectivity index (χ0) is 12.8. The average molecular weight is 269 g/mol. The first-order valence-electron chi connectivity index (χ1n) is 6.56. The Morgan fingerprint density at radius 2 is 2.11 bits per heavy atom. The van der Waals surface area contributed by atoms with E-state index in [2.05, 4.69) is 17.0 Å². The van der Waals surface area contributed by atoms with Gasteiger partial charge in [0.25, 0.3) is 0 Å². The van der Waals surface area contributed by atoms with E-state index in [1.807, 2.05) is 12.1 Å². The molecule has 0 saturated carbocycles. The normalized spacial score (nSPS) is 21.1. The molecule has 1 heterocycles. The van der Waals surface area contributed by atoms with Gasteiger partial charge in [0, 0.05) is 24.7 Å². The van der Waals surface area contributed by atoms with Crippen molar-refractivity contribution in [2.24, 2.45) is 5.73 Å². The highest BCUT2D eigenvalue weighted by molar-refractivity contribution is 6.30. The van der Waals surface area contributed by atoms with E-state index in [1.165, 1.54) is 5.56 Å². The highest BCUT2D eigenvalue weighted by Gasteiger charge is 2.19. The largest absolute Gasteiger partial charge is 0.376 e. The first-order valence-corrected chi connectivity index (χ1v) is 6.94. The van der Waals surface area contributed by atoms with Crippen LogP contribution in [0.1, 0.15) is 12.0 Å². The maximum atomic E-state index is 5.88. The lowest BCUT2D eigenvalue weighted by Gasteiger charge is -2.32. The van der Waals surface area contributed by atoms with E-state index < -0.39 is 0 Å². The summed E-state index contributed by atoms with van der Waals surface area (Å²) in [5.74, 6) is 0. The number of hydrogen-bond acceptors (Lipinski definition) is 3. The third-order valence-electron chi connectivity index (χ3n) is 3.34. The summed E-state index contributed by atoms with van der Waals surface area (Å²) in [5.41, 5.74) is 6.91. The van der Waals surface area contributed by atoms with Crippen LogP contribution in [0.25, 0.3) is 0 Å². The molecule has 1 aliphatic heterocycles. The fourth-order valence-electron chi connectivity index (χ4n) is 2.28. The van der Waals surface area contributed by atoms with E-state index >= 15 is 0 Å². The van der Waals surface area contributed by atoms with Gasteiger partial charge < -0.3 is 10.5 Å². The van der Waals surface area contributed by atoms with Crippen molar-refractivity contribution in [3.05, 3.63) is 34.9 Å². The van der Waals surface area contributed by atoms with Crippen LogP contribution in [0.2, 0.25) is 5.02 Å². The van der Waals surface area contributed by atoms with Gasteiger partial charge in [-0.15, -0.1) is 0 Å². The molecule has 0 radical (unpaired) electrons. The lowest BCUT2D eigenvalue weighted by Crippen LogP contribution is -2.43. The van der Waals surface area contributed by atoms with Crippen LogP contribution in [0.4, 0.5) is 0 Å². The Labute approximate surface area is 114 Å². The quantitative estimate of drug-likeness (QED) is 0.887. The van der Waals surface area contributed by atoms with Crippen molar-refractivity contribution in [2.45, 2.75) is 18.9 Å². The maximum Gasteiger partial charge on any atom is 0.0714 e. The van der Waals surface area contributed by atoms with E-state index in [0.29, 0.717) is 12.6 Å². The molecule has 1 aromatic carbocycles. The summed E-state index contributed by atoms with van der Waals surface area (Å²) in [6.45, 7) is 4.63. The minimum atomic E-state index is 0.314. The topological polar surface area (TPSA) is 38.5 Å². The van der Waals surface area contributed by atoms with E-state index in [4.69, 9.17) is 22.1 Å². The van der Waals surface area contributed by atoms with Crippen LogP contribution in [0.5, 0.6) is 0 Å². The third-order valence-corrected chi connectivity index (χ3v) is 3.59. The highest BCUT2D eigenvalue weighted by Crippen LogP contribution is 2.12. The molecule has 1 unspecified atom stereocenters. The van der Waals surface area contributed by atoms with Crippen LogP contribution < -0.4 is 5.73 Å². The van der Waals surface area contributed by atoms with E-state index in [0.717, 1.165) is 44.1 Å². The van der Waals surface area contributed by atoms with Crippen LogP contribution >= 0.6 is 11.6 Å². The van der Waals surface area contributed by atoms with Crippen LogP contribution in [-0.2, 0) is 11.2 Å². The molecule has 1 atom stereocenters. The molecule has 4 heteroatoms. The van der Waals surface area contributed by atoms with Crippen molar-refractivity contribution in [1.29, 1.82) is 0 Å². The summed E-state index contributed by atoms with van der Waals surface area (Å²) in [4.78, 5) is 2.46. The predicted molar refractivity (Wildman–Crippen MR) is 75.0 cm³/mol. The number of halogens is 1. The Kier molecular flexibility index (Phi) is 5.45. The third kappa shape index (κ3) is 4.25. The monoisotopic (exact) mass is 268 g/mol. The van der Waals surface area contributed by atoms with Crippen molar-refractivity contribution in [1.82, 2.24) is 4.90 Å². The van der Waals surface area contributed by atoms with Gasteiger partial charge in [0.1, 0.15) is 0 Å². The average Bonchev–Trinajstić information content (AvgIpc) is 2.39. The standard InChI is InChI=1S/C14H21ClN2O/c15-13-3-1-12(2-4-13)6-8-17-9-10-18-14(11-17)5-7-16/h1-4,14H,5-11,16H2. The van der Waals surface area contributed by atoms with Crippen molar-refractivity contribution >= 4 is 11.6 Å². The van der Waals surface area contributed by atoms with Crippen LogP contribution in [-0.4, -0.2) is 43.8 Å². The second-order valence-corrected chi connectivity index (χ2v) is 5.18. The molecule has 1 fully saturated rings. The Hall–Kier alpha value is -0.610. The molecule has 3 nitrogen and oxygen atoms in total. The van der Waals surface area contributed by atoms with Crippen molar-refractivity contribution in [2.75, 3.05) is 32.8 Å². The van der Waals surface area contributed by atoms with Gasteiger partial charge in [-0.1, -0.05) is 23.7 Å². The van der Waals surface area contributed by atoms with Gasteiger partial charge in [0.15, 0.2) is 0 Å². The number of rotatable bonds is 5. The van der Waals surface area contributed by atoms with Gasteiger partial charge in [-0.3, -0.25) is 4.90 Å². The second kappa shape index (κ2) is 7.10. The summed E-state index contributed by atoms with van der Waals surface area (Å²) < 4.78 is 5.68. The highest BCUT2D eigenvalue weighted by atomic mass is 35.5. The Balaban J connectivity index is 1.77. The minimum Gasteiger partial charge on any atom is -0.376 e. The predicted octanol–water partition coefficient (Wildman–Crippen LogP) is 1.93. The molecular weight excluding hydrogens is 248 g/mol. The molecule has 1 saturated heterocycles. The van der Waals surface area contributed by atoms with Gasteiger partial charge >= 0.3 is 0 Å². The van der Waals surface area contributed by atoms with Crippen LogP contribution in [0, 0.1) is 0 Å². The molecule has 18 heavy (non-hydrogen) atoms. The van der Waals surface area contributed by atoms with Gasteiger partial charge in [-0.2, -0.15) is 0 Å². The minimum absolute atomic E-state index is 0.314. The summed E-state index contributed by atoms with van der Waals surface area (Å²) >= 11 is 5.88. The van der Waals surface area contributed by atoms with Crippen molar-refractivity contribution in [3.63, 3.8) is 0 Å². The van der Waals surface area contributed by atoms with Crippen LogP contribution in [0.15, 0.2) is 24.3 Å². The molecule has 0 bridgehead atoms. The van der Waals surface area contributed by atoms with Crippen molar-refractivity contribution in [3.8, 4) is 0 Å². The second-order valence-electron chi connectivity index (χ2n) is 4.75. The fourth-order valence-corrected chi connectivity index (χ4v) is 2.41. The zero-order valence-electron chi connectivity index (χ0n) is 10.6. The van der Waals surface area contributed by atoms with Crippen LogP contribution in [0.3, 0.4) is 0 Å². The zero-order valence-corrected chi connectivity index (χ0v) is 11.4. The van der Waals surface area contributed by atoms with E-state index in [-0.39, 0.29) is 0 Å². The summed E-state index contributed by atoms with van der Waals surface area (Å²) in [6, 6.07) is 8.10. The first kappa shape index (κ1) is 13.8. The molecule has 100 valence electrons. The summed E-state index contributed by atoms with van der Waals surface area (Å²) in [5, 5.41) is 0.799. The number of nitrogens with two attached hydrogens (primary N) is 1. The van der Waals surface area contributed by atoms with Crippen molar-refractivity contribution < 1.29 is 4.74 Å². The number of morpholine rings is 1. The number of benzene rings is 1. The molecule has 2 N–H and O–H groups in total. The molecule has 1 aliphatic rings. The summed E-state index contributed by atoms with van der Waals surface area (Å²) in [6.07, 6.45) is 2.33. The molecule has 0 aliphatic carbocycles. The molecule has 2 rings (SSSR count). The van der Waals surface area contributed by atoms with E-state index in [1.54, 1.807) is 0 Å². The molecule has 1 aromatic rings. The number of ether oxygens (including phenoxy) is 1. The molecule has 0 aromatic heterocycles. The SMILES string of the molecule is NCCC1CN(CCc2ccc(Cl)cc2)CCO1. The lowest BCUT2D eigenvalue weighted by atomic mass is 10.1. The molecule has 0 amide bonds. The smallest absolute Gasteiger partial charge is 0.0714 e. The Bertz CT molecular complexity index is 353. The molecule has 0 spiro atoms. The van der Waals surface area contributed by atoms with Gasteiger partial charge in [0.05, 0.1) is 12.7 Å². The van der Waals surface area contributed by atoms with Gasteiger partial charge in [0.2, 0.25) is 0 Å². The Morgan fingerprint density at radius 1 is 1.33 bits per heavy atom.